The maximum atomic E-state index is 7.18. The van der Waals surface area contributed by atoms with Gasteiger partial charge < -0.3 is 9.98 Å². The fourth-order valence-corrected chi connectivity index (χ4v) is 0.818. The van der Waals surface area contributed by atoms with E-state index in [0.29, 0.717) is 17.4 Å². The summed E-state index contributed by atoms with van der Waals surface area (Å²) in [6.07, 6.45) is 6.68. The molecule has 0 aromatic carbocycles. The van der Waals surface area contributed by atoms with Crippen LogP contribution >= 0.6 is 0 Å². The van der Waals surface area contributed by atoms with Crippen LogP contribution in [0, 0.1) is 5.41 Å². The second-order valence-electron chi connectivity index (χ2n) is 3.05. The summed E-state index contributed by atoms with van der Waals surface area (Å²) in [6, 6.07) is 0. The molecule has 1 aromatic heterocycles. The molecule has 1 heterocycles. The lowest BCUT2D eigenvalue weighted by Crippen LogP contribution is -1.82. The molecule has 0 fully saturated rings. The van der Waals surface area contributed by atoms with Gasteiger partial charge >= 0.3 is 0 Å². The molecule has 5 nitrogen and oxygen atoms in total. The monoisotopic (exact) mass is 203 g/mol. The van der Waals surface area contributed by atoms with Crippen molar-refractivity contribution in [3.8, 4) is 0 Å². The number of nitrogens with one attached hydrogen (secondary N) is 1. The van der Waals surface area contributed by atoms with Crippen molar-refractivity contribution in [1.29, 1.82) is 5.41 Å². The van der Waals surface area contributed by atoms with Crippen molar-refractivity contribution < 1.29 is 0 Å². The minimum absolute atomic E-state index is 0.448. The first kappa shape index (κ1) is 11.0. The molecule has 0 unspecified atom stereocenters. The van der Waals surface area contributed by atoms with Crippen LogP contribution in [0.2, 0.25) is 0 Å². The Kier molecular flexibility index (Phi) is 3.68. The summed E-state index contributed by atoms with van der Waals surface area (Å²) in [6.45, 7) is 5.36. The van der Waals surface area contributed by atoms with Crippen molar-refractivity contribution in [1.82, 2.24) is 9.55 Å². The number of azo groups is 1. The van der Waals surface area contributed by atoms with Crippen LogP contribution in [0.15, 0.2) is 47.1 Å². The fourth-order valence-electron chi connectivity index (χ4n) is 0.818. The number of hydrogen-bond acceptors (Lipinski definition) is 4. The van der Waals surface area contributed by atoms with Crippen LogP contribution in [0.4, 0.5) is 5.95 Å². The number of aromatic nitrogens is 2. The highest BCUT2D eigenvalue weighted by Crippen LogP contribution is 2.08. The zero-order chi connectivity index (χ0) is 11.3. The average molecular weight is 203 g/mol. The van der Waals surface area contributed by atoms with E-state index in [2.05, 4.69) is 21.8 Å². The molecule has 1 N–H and O–H groups in total. The second kappa shape index (κ2) is 4.99. The molecule has 0 aliphatic heterocycles. The summed E-state index contributed by atoms with van der Waals surface area (Å²) in [5, 5.41) is 14.9. The van der Waals surface area contributed by atoms with Gasteiger partial charge in [-0.15, -0.1) is 10.2 Å². The summed E-state index contributed by atoms with van der Waals surface area (Å²) >= 11 is 0. The van der Waals surface area contributed by atoms with E-state index in [1.165, 1.54) is 0 Å². The third-order valence-electron chi connectivity index (χ3n) is 1.59. The molecule has 0 amide bonds. The summed E-state index contributed by atoms with van der Waals surface area (Å²) in [5.41, 5.74) is 0.938. The topological polar surface area (TPSA) is 66.4 Å². The number of allylic oxidation sites excluding steroid dienone is 2. The molecule has 1 aromatic rings. The first-order chi connectivity index (χ1) is 7.09. The van der Waals surface area contributed by atoms with Crippen LogP contribution in [0.5, 0.6) is 0 Å². The van der Waals surface area contributed by atoms with Crippen molar-refractivity contribution in [2.45, 2.75) is 6.92 Å². The molecule has 78 valence electrons. The number of nitrogens with zero attached hydrogens (tertiary/aromatic N) is 4. The van der Waals surface area contributed by atoms with E-state index in [-0.39, 0.29) is 0 Å². The molecule has 15 heavy (non-hydrogen) atoms. The molecule has 0 saturated heterocycles. The Morgan fingerprint density at radius 1 is 1.60 bits per heavy atom. The molecular weight excluding hydrogens is 190 g/mol. The Bertz CT molecular complexity index is 425. The SMILES string of the molecule is C=C(/C=C\C(C)=N)N=Nc1nccn1C. The van der Waals surface area contributed by atoms with Gasteiger partial charge in [-0.3, -0.25) is 0 Å². The summed E-state index contributed by atoms with van der Waals surface area (Å²) in [7, 11) is 1.84. The second-order valence-corrected chi connectivity index (χ2v) is 3.05. The van der Waals surface area contributed by atoms with Gasteiger partial charge in [0.2, 0.25) is 5.95 Å². The van der Waals surface area contributed by atoms with Crippen molar-refractivity contribution >= 4 is 11.7 Å². The van der Waals surface area contributed by atoms with E-state index in [1.807, 2.05) is 7.05 Å². The van der Waals surface area contributed by atoms with Gasteiger partial charge in [0.25, 0.3) is 0 Å². The molecule has 5 heteroatoms. The lowest BCUT2D eigenvalue weighted by atomic mass is 10.3. The van der Waals surface area contributed by atoms with Crippen LogP contribution in [0.3, 0.4) is 0 Å². The summed E-state index contributed by atoms with van der Waals surface area (Å²) in [4.78, 5) is 3.98. The van der Waals surface area contributed by atoms with Gasteiger partial charge in [0, 0.05) is 25.2 Å². The molecule has 1 rings (SSSR count). The molecule has 0 aliphatic carbocycles. The number of imidazole rings is 1. The zero-order valence-electron chi connectivity index (χ0n) is 8.81. The normalized spacial score (nSPS) is 11.3. The van der Waals surface area contributed by atoms with Gasteiger partial charge in [0.1, 0.15) is 0 Å². The molecule has 0 bridgehead atoms. The quantitative estimate of drug-likeness (QED) is 0.456. The Balaban J connectivity index is 2.63. The molecule has 0 aliphatic rings. The summed E-state index contributed by atoms with van der Waals surface area (Å²) < 4.78 is 1.75. The lowest BCUT2D eigenvalue weighted by Gasteiger charge is -1.92. The van der Waals surface area contributed by atoms with Gasteiger partial charge in [-0.1, -0.05) is 6.58 Å². The molecule has 0 saturated carbocycles. The number of aryl methyl sites for hydroxylation is 1. The van der Waals surface area contributed by atoms with Crippen LogP contribution in [-0.4, -0.2) is 15.3 Å². The minimum Gasteiger partial charge on any atom is -0.317 e. The highest BCUT2D eigenvalue weighted by atomic mass is 15.2. The fraction of sp³-hybridized carbons (Fsp3) is 0.200. The molecule has 0 spiro atoms. The molecular formula is C10H13N5. The van der Waals surface area contributed by atoms with Crippen molar-refractivity contribution in [2.75, 3.05) is 0 Å². The van der Waals surface area contributed by atoms with E-state index < -0.39 is 0 Å². The third-order valence-corrected chi connectivity index (χ3v) is 1.59. The van der Waals surface area contributed by atoms with E-state index >= 15 is 0 Å². The van der Waals surface area contributed by atoms with Gasteiger partial charge in [-0.05, 0) is 19.1 Å². The van der Waals surface area contributed by atoms with Gasteiger partial charge in [0.05, 0.1) is 5.70 Å². The zero-order valence-corrected chi connectivity index (χ0v) is 8.81. The van der Waals surface area contributed by atoms with E-state index in [9.17, 15) is 0 Å². The average Bonchev–Trinajstić information content (AvgIpc) is 2.58. The first-order valence-corrected chi connectivity index (χ1v) is 4.41. The van der Waals surface area contributed by atoms with E-state index in [4.69, 9.17) is 5.41 Å². The predicted molar refractivity (Wildman–Crippen MR) is 59.4 cm³/mol. The van der Waals surface area contributed by atoms with Gasteiger partial charge in [-0.2, -0.15) is 0 Å². The number of rotatable bonds is 4. The third kappa shape index (κ3) is 3.68. The number of hydrogen-bond donors (Lipinski definition) is 1. The van der Waals surface area contributed by atoms with Crippen LogP contribution in [0.1, 0.15) is 6.92 Å². The Morgan fingerprint density at radius 3 is 2.87 bits per heavy atom. The smallest absolute Gasteiger partial charge is 0.249 e. The van der Waals surface area contributed by atoms with E-state index in [0.717, 1.165) is 0 Å². The largest absolute Gasteiger partial charge is 0.317 e. The van der Waals surface area contributed by atoms with E-state index in [1.54, 1.807) is 36.0 Å². The standard InChI is InChI=1S/C10H13N5/c1-8(11)4-5-9(2)13-14-10-12-6-7-15(10)3/h4-7,11H,2H2,1,3H3/b5-4-,11-8?,14-13?. The Labute approximate surface area is 88.4 Å². The molecule has 0 radical (unpaired) electrons. The highest BCUT2D eigenvalue weighted by Gasteiger charge is 1.94. The maximum Gasteiger partial charge on any atom is 0.249 e. The lowest BCUT2D eigenvalue weighted by molar-refractivity contribution is 0.889. The molecule has 0 atom stereocenters. The minimum atomic E-state index is 0.448. The highest BCUT2D eigenvalue weighted by molar-refractivity contribution is 5.90. The Morgan fingerprint density at radius 2 is 2.33 bits per heavy atom. The van der Waals surface area contributed by atoms with Gasteiger partial charge in [-0.25, -0.2) is 4.98 Å². The van der Waals surface area contributed by atoms with Gasteiger partial charge in [0.15, 0.2) is 0 Å². The summed E-state index contributed by atoms with van der Waals surface area (Å²) in [5.74, 6) is 0.524. The van der Waals surface area contributed by atoms with Crippen LogP contribution < -0.4 is 0 Å². The first-order valence-electron chi connectivity index (χ1n) is 4.41. The van der Waals surface area contributed by atoms with Crippen LogP contribution in [-0.2, 0) is 7.05 Å². The van der Waals surface area contributed by atoms with Crippen LogP contribution in [0.25, 0.3) is 0 Å². The van der Waals surface area contributed by atoms with Crippen molar-refractivity contribution in [2.24, 2.45) is 17.3 Å². The van der Waals surface area contributed by atoms with Crippen molar-refractivity contribution in [3.05, 3.63) is 36.8 Å². The maximum absolute atomic E-state index is 7.18. The predicted octanol–water partition coefficient (Wildman–Crippen LogP) is 2.61. The van der Waals surface area contributed by atoms with Crippen molar-refractivity contribution in [3.63, 3.8) is 0 Å². The Hall–Kier alpha value is -2.04.